The molecule has 0 aromatic heterocycles. The summed E-state index contributed by atoms with van der Waals surface area (Å²) < 4.78 is 0. The van der Waals surface area contributed by atoms with Crippen LogP contribution in [0.4, 0.5) is 0 Å². The molecule has 8 N–H and O–H groups in total. The second-order valence-electron chi connectivity index (χ2n) is 2.49. The van der Waals surface area contributed by atoms with Crippen molar-refractivity contribution in [2.24, 2.45) is 22.9 Å². The standard InChI is InChI=1S/C6H18N4/c7-3-1-2-5(9)6(10)4-8/h5-6H,1-4,7-10H2. The van der Waals surface area contributed by atoms with Crippen molar-refractivity contribution in [2.75, 3.05) is 13.1 Å². The van der Waals surface area contributed by atoms with Crippen LogP contribution in [-0.4, -0.2) is 25.2 Å². The molecule has 0 saturated heterocycles. The van der Waals surface area contributed by atoms with Gasteiger partial charge in [-0.25, -0.2) is 0 Å². The van der Waals surface area contributed by atoms with Crippen LogP contribution in [0.5, 0.6) is 0 Å². The van der Waals surface area contributed by atoms with Gasteiger partial charge in [0.15, 0.2) is 0 Å². The van der Waals surface area contributed by atoms with Gasteiger partial charge in [-0.2, -0.15) is 0 Å². The van der Waals surface area contributed by atoms with Crippen LogP contribution in [0.1, 0.15) is 12.8 Å². The van der Waals surface area contributed by atoms with Crippen molar-refractivity contribution >= 4 is 0 Å². The smallest absolute Gasteiger partial charge is 0.0317 e. The zero-order chi connectivity index (χ0) is 7.98. The molecule has 4 nitrogen and oxygen atoms in total. The first-order valence-electron chi connectivity index (χ1n) is 3.63. The van der Waals surface area contributed by atoms with E-state index in [1.54, 1.807) is 0 Å². The molecule has 0 fully saturated rings. The topological polar surface area (TPSA) is 104 Å². The van der Waals surface area contributed by atoms with E-state index in [2.05, 4.69) is 0 Å². The number of hydrogen-bond acceptors (Lipinski definition) is 4. The highest BCUT2D eigenvalue weighted by atomic mass is 14.8. The summed E-state index contributed by atoms with van der Waals surface area (Å²) >= 11 is 0. The minimum absolute atomic E-state index is 0.00792. The van der Waals surface area contributed by atoms with Crippen molar-refractivity contribution in [1.29, 1.82) is 0 Å². The van der Waals surface area contributed by atoms with Gasteiger partial charge < -0.3 is 22.9 Å². The average Bonchev–Trinajstić information content (AvgIpc) is 1.98. The van der Waals surface area contributed by atoms with E-state index < -0.39 is 0 Å². The molecule has 0 aliphatic rings. The maximum absolute atomic E-state index is 5.65. The summed E-state index contributed by atoms with van der Waals surface area (Å²) in [5.41, 5.74) is 21.8. The predicted octanol–water partition coefficient (Wildman–Crippen LogP) is -1.66. The van der Waals surface area contributed by atoms with Crippen LogP contribution in [0.3, 0.4) is 0 Å². The van der Waals surface area contributed by atoms with Gasteiger partial charge in [0.25, 0.3) is 0 Å². The molecule has 0 radical (unpaired) electrons. The normalized spacial score (nSPS) is 16.8. The molecular formula is C6H18N4. The Morgan fingerprint density at radius 2 is 1.60 bits per heavy atom. The minimum Gasteiger partial charge on any atom is -0.330 e. The van der Waals surface area contributed by atoms with E-state index in [0.717, 1.165) is 12.8 Å². The predicted molar refractivity (Wildman–Crippen MR) is 43.3 cm³/mol. The highest BCUT2D eigenvalue weighted by Crippen LogP contribution is 1.94. The van der Waals surface area contributed by atoms with Gasteiger partial charge >= 0.3 is 0 Å². The fourth-order valence-corrected chi connectivity index (χ4v) is 0.742. The summed E-state index contributed by atoms with van der Waals surface area (Å²) in [4.78, 5) is 0. The molecule has 0 aliphatic carbocycles. The van der Waals surface area contributed by atoms with E-state index in [4.69, 9.17) is 22.9 Å². The van der Waals surface area contributed by atoms with Gasteiger partial charge in [0.05, 0.1) is 0 Å². The quantitative estimate of drug-likeness (QED) is 0.372. The Morgan fingerprint density at radius 3 is 2.00 bits per heavy atom. The summed E-state index contributed by atoms with van der Waals surface area (Å²) in [6.07, 6.45) is 1.80. The lowest BCUT2D eigenvalue weighted by atomic mass is 10.1. The van der Waals surface area contributed by atoms with Crippen LogP contribution in [0, 0.1) is 0 Å². The minimum atomic E-state index is -0.0773. The second kappa shape index (κ2) is 5.61. The molecule has 0 heterocycles. The summed E-state index contributed by atoms with van der Waals surface area (Å²) in [6, 6.07) is -0.0694. The van der Waals surface area contributed by atoms with Gasteiger partial charge in [0.2, 0.25) is 0 Å². The van der Waals surface area contributed by atoms with Crippen LogP contribution >= 0.6 is 0 Å². The fourth-order valence-electron chi connectivity index (χ4n) is 0.742. The highest BCUT2D eigenvalue weighted by molar-refractivity contribution is 4.76. The zero-order valence-corrected chi connectivity index (χ0v) is 6.29. The van der Waals surface area contributed by atoms with Crippen molar-refractivity contribution in [2.45, 2.75) is 24.9 Å². The average molecular weight is 146 g/mol. The fraction of sp³-hybridized carbons (Fsp3) is 1.00. The molecule has 0 bridgehead atoms. The number of hydrogen-bond donors (Lipinski definition) is 4. The Labute approximate surface area is 61.9 Å². The van der Waals surface area contributed by atoms with Crippen LogP contribution in [0.25, 0.3) is 0 Å². The highest BCUT2D eigenvalue weighted by Gasteiger charge is 2.09. The van der Waals surface area contributed by atoms with E-state index in [0.29, 0.717) is 13.1 Å². The molecule has 2 unspecified atom stereocenters. The van der Waals surface area contributed by atoms with E-state index in [1.165, 1.54) is 0 Å². The van der Waals surface area contributed by atoms with Crippen molar-refractivity contribution in [3.8, 4) is 0 Å². The molecule has 0 amide bonds. The van der Waals surface area contributed by atoms with Crippen LogP contribution in [0.15, 0.2) is 0 Å². The summed E-state index contributed by atoms with van der Waals surface area (Å²) in [5.74, 6) is 0. The Morgan fingerprint density at radius 1 is 1.00 bits per heavy atom. The number of nitrogens with two attached hydrogens (primary N) is 4. The largest absolute Gasteiger partial charge is 0.330 e. The summed E-state index contributed by atoms with van der Waals surface area (Å²) in [7, 11) is 0. The van der Waals surface area contributed by atoms with Crippen molar-refractivity contribution < 1.29 is 0 Å². The molecule has 0 spiro atoms. The lowest BCUT2D eigenvalue weighted by Crippen LogP contribution is -2.46. The second-order valence-corrected chi connectivity index (χ2v) is 2.49. The first-order chi connectivity index (χ1) is 4.72. The van der Waals surface area contributed by atoms with E-state index in [9.17, 15) is 0 Å². The Kier molecular flexibility index (Phi) is 5.52. The lowest BCUT2D eigenvalue weighted by Gasteiger charge is -2.16. The van der Waals surface area contributed by atoms with Gasteiger partial charge in [0, 0.05) is 18.6 Å². The van der Waals surface area contributed by atoms with Gasteiger partial charge in [0.1, 0.15) is 0 Å². The van der Waals surface area contributed by atoms with E-state index in [-0.39, 0.29) is 12.1 Å². The maximum Gasteiger partial charge on any atom is 0.0317 e. The Hall–Kier alpha value is -0.160. The summed E-state index contributed by atoms with van der Waals surface area (Å²) in [5, 5.41) is 0. The van der Waals surface area contributed by atoms with E-state index >= 15 is 0 Å². The van der Waals surface area contributed by atoms with Gasteiger partial charge in [-0.3, -0.25) is 0 Å². The molecule has 0 aromatic rings. The third kappa shape index (κ3) is 3.79. The first kappa shape index (κ1) is 9.84. The SMILES string of the molecule is NCCCC(N)C(N)CN. The van der Waals surface area contributed by atoms with Crippen molar-refractivity contribution in [3.63, 3.8) is 0 Å². The van der Waals surface area contributed by atoms with Crippen LogP contribution in [-0.2, 0) is 0 Å². The van der Waals surface area contributed by atoms with Crippen molar-refractivity contribution in [3.05, 3.63) is 0 Å². The summed E-state index contributed by atoms with van der Waals surface area (Å²) in [6.45, 7) is 1.12. The maximum atomic E-state index is 5.65. The molecule has 62 valence electrons. The molecule has 0 saturated carbocycles. The molecule has 10 heavy (non-hydrogen) atoms. The lowest BCUT2D eigenvalue weighted by molar-refractivity contribution is 0.490. The first-order valence-corrected chi connectivity index (χ1v) is 3.63. The molecule has 0 rings (SSSR count). The van der Waals surface area contributed by atoms with Gasteiger partial charge in [-0.1, -0.05) is 0 Å². The molecule has 0 aromatic carbocycles. The molecule has 4 heteroatoms. The Bertz CT molecular complexity index is 76.1. The third-order valence-corrected chi connectivity index (χ3v) is 1.56. The molecule has 2 atom stereocenters. The monoisotopic (exact) mass is 146 g/mol. The number of rotatable bonds is 5. The molecular weight excluding hydrogens is 128 g/mol. The van der Waals surface area contributed by atoms with Crippen molar-refractivity contribution in [1.82, 2.24) is 0 Å². The Balaban J connectivity index is 3.31. The van der Waals surface area contributed by atoms with Crippen LogP contribution < -0.4 is 22.9 Å². The van der Waals surface area contributed by atoms with Crippen LogP contribution in [0.2, 0.25) is 0 Å². The third-order valence-electron chi connectivity index (χ3n) is 1.56. The zero-order valence-electron chi connectivity index (χ0n) is 6.29. The van der Waals surface area contributed by atoms with E-state index in [1.807, 2.05) is 0 Å². The molecule has 0 aliphatic heterocycles. The van der Waals surface area contributed by atoms with Gasteiger partial charge in [-0.15, -0.1) is 0 Å². The van der Waals surface area contributed by atoms with Gasteiger partial charge in [-0.05, 0) is 19.4 Å².